The second-order valence-electron chi connectivity index (χ2n) is 11.7. The fourth-order valence-corrected chi connectivity index (χ4v) is 7.98. The zero-order valence-electron chi connectivity index (χ0n) is 25.5. The van der Waals surface area contributed by atoms with Gasteiger partial charge in [-0.05, 0) is 94.4 Å². The Hall–Kier alpha value is -5.18. The van der Waals surface area contributed by atoms with Gasteiger partial charge in [0, 0.05) is 42.8 Å². The lowest BCUT2D eigenvalue weighted by atomic mass is 9.92. The van der Waals surface area contributed by atoms with Crippen LogP contribution in [0.1, 0.15) is 18.1 Å². The smallest absolute Gasteiger partial charge is 0.0468 e. The Labute approximate surface area is 268 Å². The van der Waals surface area contributed by atoms with Crippen molar-refractivity contribution in [2.45, 2.75) is 20.3 Å². The van der Waals surface area contributed by atoms with E-state index in [9.17, 15) is 0 Å². The van der Waals surface area contributed by atoms with Gasteiger partial charge in [0.1, 0.15) is 0 Å². The van der Waals surface area contributed by atoms with Crippen LogP contribution in [0.3, 0.4) is 0 Å². The fourth-order valence-electron chi connectivity index (χ4n) is 6.66. The van der Waals surface area contributed by atoms with E-state index in [0.717, 1.165) is 23.5 Å². The maximum atomic E-state index is 2.42. The quantitative estimate of drug-likeness (QED) is 0.185. The second kappa shape index (κ2) is 11.4. The SMILES string of the molecule is CCc1ccc(N(c2ccc(-c3ccccc3)cc2)c2ccc3ccccc3c2)cc1-c1c(C)ccc2c1sc1ccccc12. The summed E-state index contributed by atoms with van der Waals surface area (Å²) in [6, 6.07) is 55.4. The third kappa shape index (κ3) is 4.88. The number of nitrogens with zero attached hydrogens (tertiary/aromatic N) is 1. The molecule has 0 atom stereocenters. The number of fused-ring (bicyclic) bond motifs is 4. The van der Waals surface area contributed by atoms with E-state index < -0.39 is 0 Å². The van der Waals surface area contributed by atoms with Gasteiger partial charge in [-0.1, -0.05) is 116 Å². The maximum absolute atomic E-state index is 2.42. The van der Waals surface area contributed by atoms with Crippen molar-refractivity contribution in [3.05, 3.63) is 163 Å². The lowest BCUT2D eigenvalue weighted by molar-refractivity contribution is 1.14. The number of benzene rings is 7. The summed E-state index contributed by atoms with van der Waals surface area (Å²) in [5.41, 5.74) is 11.2. The molecule has 0 unspecified atom stereocenters. The molecular weight excluding hydrogens is 563 g/mol. The zero-order chi connectivity index (χ0) is 30.3. The molecule has 0 saturated carbocycles. The monoisotopic (exact) mass is 595 g/mol. The second-order valence-corrected chi connectivity index (χ2v) is 12.8. The number of hydrogen-bond donors (Lipinski definition) is 0. The van der Waals surface area contributed by atoms with Crippen molar-refractivity contribution in [2.75, 3.05) is 4.90 Å². The molecule has 0 N–H and O–H groups in total. The molecule has 0 aliphatic rings. The van der Waals surface area contributed by atoms with Gasteiger partial charge in [-0.25, -0.2) is 0 Å². The third-order valence-corrected chi connectivity index (χ3v) is 10.2. The molecule has 0 fully saturated rings. The van der Waals surface area contributed by atoms with E-state index in [1.165, 1.54) is 64.3 Å². The summed E-state index contributed by atoms with van der Waals surface area (Å²) >= 11 is 1.91. The van der Waals surface area contributed by atoms with Crippen molar-refractivity contribution in [1.82, 2.24) is 0 Å². The lowest BCUT2D eigenvalue weighted by Crippen LogP contribution is -2.10. The normalized spacial score (nSPS) is 11.4. The van der Waals surface area contributed by atoms with E-state index >= 15 is 0 Å². The Bertz CT molecular complexity index is 2310. The highest BCUT2D eigenvalue weighted by molar-refractivity contribution is 7.26. The molecule has 0 radical (unpaired) electrons. The molecule has 0 saturated heterocycles. The standard InChI is InChI=1S/C43H33NS/c1-3-30-18-24-37(28-40(30)42-29(2)17-26-39-38-15-9-10-16-41(38)45-43(39)42)44(36-25-21-32-13-7-8-14-34(32)27-36)35-22-19-33(20-23-35)31-11-5-4-6-12-31/h4-28H,3H2,1-2H3. The lowest BCUT2D eigenvalue weighted by Gasteiger charge is -2.27. The molecule has 1 aromatic heterocycles. The van der Waals surface area contributed by atoms with Crippen LogP contribution in [0, 0.1) is 6.92 Å². The first-order chi connectivity index (χ1) is 22.2. The van der Waals surface area contributed by atoms with Gasteiger partial charge in [0.2, 0.25) is 0 Å². The molecule has 7 aromatic carbocycles. The highest BCUT2D eigenvalue weighted by Gasteiger charge is 2.19. The van der Waals surface area contributed by atoms with Crippen LogP contribution in [0.15, 0.2) is 152 Å². The Morgan fingerprint density at radius 2 is 1.20 bits per heavy atom. The predicted molar refractivity (Wildman–Crippen MR) is 197 cm³/mol. The van der Waals surface area contributed by atoms with Gasteiger partial charge in [0.05, 0.1) is 0 Å². The van der Waals surface area contributed by atoms with Crippen LogP contribution >= 0.6 is 11.3 Å². The first kappa shape index (κ1) is 27.4. The van der Waals surface area contributed by atoms with Gasteiger partial charge in [-0.2, -0.15) is 0 Å². The number of thiophene rings is 1. The van der Waals surface area contributed by atoms with E-state index in [2.05, 4.69) is 170 Å². The molecule has 8 aromatic rings. The average molecular weight is 596 g/mol. The first-order valence-corrected chi connectivity index (χ1v) is 16.5. The molecule has 2 heteroatoms. The third-order valence-electron chi connectivity index (χ3n) is 8.98. The summed E-state index contributed by atoms with van der Waals surface area (Å²) in [5.74, 6) is 0. The molecule has 1 nitrogen and oxygen atoms in total. The van der Waals surface area contributed by atoms with Crippen LogP contribution in [0.25, 0.3) is 53.2 Å². The number of hydrogen-bond acceptors (Lipinski definition) is 2. The van der Waals surface area contributed by atoms with Crippen molar-refractivity contribution in [3.63, 3.8) is 0 Å². The molecule has 0 aliphatic heterocycles. The largest absolute Gasteiger partial charge is 0.310 e. The topological polar surface area (TPSA) is 3.24 Å². The minimum absolute atomic E-state index is 0.970. The Kier molecular flexibility index (Phi) is 6.93. The molecular formula is C43H33NS. The van der Waals surface area contributed by atoms with Crippen molar-refractivity contribution < 1.29 is 0 Å². The molecule has 216 valence electrons. The fraction of sp³-hybridized carbons (Fsp3) is 0.0698. The number of rotatable bonds is 6. The summed E-state index contributed by atoms with van der Waals surface area (Å²) in [6.07, 6.45) is 0.970. The Morgan fingerprint density at radius 1 is 0.533 bits per heavy atom. The minimum atomic E-state index is 0.970. The maximum Gasteiger partial charge on any atom is 0.0468 e. The van der Waals surface area contributed by atoms with Gasteiger partial charge in [0.15, 0.2) is 0 Å². The highest BCUT2D eigenvalue weighted by Crippen LogP contribution is 2.45. The van der Waals surface area contributed by atoms with Gasteiger partial charge in [0.25, 0.3) is 0 Å². The van der Waals surface area contributed by atoms with Crippen LogP contribution in [-0.2, 0) is 6.42 Å². The van der Waals surface area contributed by atoms with E-state index in [1.807, 2.05) is 11.3 Å². The zero-order valence-corrected chi connectivity index (χ0v) is 26.3. The molecule has 0 spiro atoms. The van der Waals surface area contributed by atoms with E-state index in [1.54, 1.807) is 0 Å². The van der Waals surface area contributed by atoms with Gasteiger partial charge in [-0.3, -0.25) is 0 Å². The van der Waals surface area contributed by atoms with Crippen LogP contribution in [0.2, 0.25) is 0 Å². The molecule has 0 aliphatic carbocycles. The summed E-state index contributed by atoms with van der Waals surface area (Å²) in [4.78, 5) is 2.41. The Morgan fingerprint density at radius 3 is 2.02 bits per heavy atom. The summed E-state index contributed by atoms with van der Waals surface area (Å²) < 4.78 is 2.71. The van der Waals surface area contributed by atoms with E-state index in [0.29, 0.717) is 0 Å². The van der Waals surface area contributed by atoms with Crippen LogP contribution in [0.4, 0.5) is 17.1 Å². The molecule has 1 heterocycles. The average Bonchev–Trinajstić information content (AvgIpc) is 3.47. The molecule has 0 bridgehead atoms. The molecule has 45 heavy (non-hydrogen) atoms. The highest BCUT2D eigenvalue weighted by atomic mass is 32.1. The summed E-state index contributed by atoms with van der Waals surface area (Å²) in [5, 5.41) is 5.16. The summed E-state index contributed by atoms with van der Waals surface area (Å²) in [6.45, 7) is 4.52. The van der Waals surface area contributed by atoms with E-state index in [-0.39, 0.29) is 0 Å². The van der Waals surface area contributed by atoms with Crippen molar-refractivity contribution >= 4 is 59.3 Å². The van der Waals surface area contributed by atoms with Crippen molar-refractivity contribution in [2.24, 2.45) is 0 Å². The van der Waals surface area contributed by atoms with E-state index in [4.69, 9.17) is 0 Å². The van der Waals surface area contributed by atoms with Crippen LogP contribution in [0.5, 0.6) is 0 Å². The predicted octanol–water partition coefficient (Wildman–Crippen LogP) is 12.9. The molecule has 0 amide bonds. The summed E-state index contributed by atoms with van der Waals surface area (Å²) in [7, 11) is 0. The minimum Gasteiger partial charge on any atom is -0.310 e. The van der Waals surface area contributed by atoms with Crippen LogP contribution < -0.4 is 4.90 Å². The van der Waals surface area contributed by atoms with Crippen molar-refractivity contribution in [3.8, 4) is 22.3 Å². The van der Waals surface area contributed by atoms with Gasteiger partial charge < -0.3 is 4.90 Å². The van der Waals surface area contributed by atoms with Crippen molar-refractivity contribution in [1.29, 1.82) is 0 Å². The first-order valence-electron chi connectivity index (χ1n) is 15.7. The number of aryl methyl sites for hydroxylation is 2. The molecule has 8 rings (SSSR count). The van der Waals surface area contributed by atoms with Gasteiger partial charge >= 0.3 is 0 Å². The van der Waals surface area contributed by atoms with Crippen LogP contribution in [-0.4, -0.2) is 0 Å². The van der Waals surface area contributed by atoms with Gasteiger partial charge in [-0.15, -0.1) is 11.3 Å². The Balaban J connectivity index is 1.34. The number of anilines is 3.